The Morgan fingerprint density at radius 1 is 1.03 bits per heavy atom. The van der Waals surface area contributed by atoms with Crippen LogP contribution in [0.3, 0.4) is 0 Å². The molecular weight excluding hydrogens is 428 g/mol. The summed E-state index contributed by atoms with van der Waals surface area (Å²) in [6.07, 6.45) is 7.74. The molecule has 2 aliphatic carbocycles. The summed E-state index contributed by atoms with van der Waals surface area (Å²) in [5.74, 6) is 2.57. The van der Waals surface area contributed by atoms with E-state index in [1.54, 1.807) is 4.90 Å². The van der Waals surface area contributed by atoms with Crippen molar-refractivity contribution in [2.75, 3.05) is 42.6 Å². The molecule has 0 radical (unpaired) electrons. The van der Waals surface area contributed by atoms with Gasteiger partial charge in [0.15, 0.2) is 0 Å². The average Bonchev–Trinajstić information content (AvgIpc) is 3.81. The summed E-state index contributed by atoms with van der Waals surface area (Å²) in [6, 6.07) is 9.82. The molecule has 1 aromatic heterocycles. The second-order valence-corrected chi connectivity index (χ2v) is 10.1. The van der Waals surface area contributed by atoms with Gasteiger partial charge in [0.05, 0.1) is 6.04 Å². The van der Waals surface area contributed by atoms with Crippen molar-refractivity contribution in [3.05, 3.63) is 53.2 Å². The lowest BCUT2D eigenvalue weighted by Gasteiger charge is -2.36. The third-order valence-corrected chi connectivity index (χ3v) is 7.67. The Morgan fingerprint density at radius 3 is 2.38 bits per heavy atom. The lowest BCUT2D eigenvalue weighted by atomic mass is 10.1. The molecule has 2 saturated heterocycles. The fourth-order valence-electron chi connectivity index (χ4n) is 5.24. The summed E-state index contributed by atoms with van der Waals surface area (Å²) in [4.78, 5) is 36.1. The summed E-state index contributed by atoms with van der Waals surface area (Å²) in [7, 11) is 0. The molecule has 2 saturated carbocycles. The number of nitrogens with zero attached hydrogens (tertiary/aromatic N) is 4. The number of carbonyl (C=O) groups is 2. The van der Waals surface area contributed by atoms with E-state index >= 15 is 0 Å². The molecule has 178 valence electrons. The van der Waals surface area contributed by atoms with Gasteiger partial charge in [-0.25, -0.2) is 9.78 Å². The zero-order valence-electron chi connectivity index (χ0n) is 19.8. The lowest BCUT2D eigenvalue weighted by Crippen LogP contribution is -2.49. The number of aromatic nitrogens is 1. The first kappa shape index (κ1) is 21.4. The molecule has 0 N–H and O–H groups in total. The van der Waals surface area contributed by atoms with E-state index in [1.807, 2.05) is 36.1 Å². The van der Waals surface area contributed by atoms with Crippen molar-refractivity contribution in [1.82, 2.24) is 9.88 Å². The second-order valence-electron chi connectivity index (χ2n) is 10.1. The van der Waals surface area contributed by atoms with Gasteiger partial charge in [-0.05, 0) is 79.3 Å². The van der Waals surface area contributed by atoms with Crippen molar-refractivity contribution < 1.29 is 14.3 Å². The van der Waals surface area contributed by atoms with Crippen molar-refractivity contribution in [2.45, 2.75) is 56.9 Å². The van der Waals surface area contributed by atoms with Gasteiger partial charge in [0, 0.05) is 43.6 Å². The van der Waals surface area contributed by atoms with Gasteiger partial charge in [0.25, 0.3) is 5.91 Å². The van der Waals surface area contributed by atoms with Crippen LogP contribution in [0.15, 0.2) is 36.5 Å². The molecule has 0 bridgehead atoms. The molecule has 2 aromatic rings. The van der Waals surface area contributed by atoms with E-state index in [2.05, 4.69) is 17.2 Å². The number of hydrogen-bond donors (Lipinski definition) is 0. The molecule has 0 unspecified atom stereocenters. The summed E-state index contributed by atoms with van der Waals surface area (Å²) < 4.78 is 5.19. The fourth-order valence-corrected chi connectivity index (χ4v) is 5.24. The van der Waals surface area contributed by atoms with Crippen LogP contribution in [0.2, 0.25) is 0 Å². The Labute approximate surface area is 200 Å². The molecule has 3 heterocycles. The molecular formula is C27H32N4O3. The van der Waals surface area contributed by atoms with Crippen LogP contribution < -0.4 is 9.80 Å². The quantitative estimate of drug-likeness (QED) is 0.634. The van der Waals surface area contributed by atoms with Gasteiger partial charge in [-0.2, -0.15) is 0 Å². The van der Waals surface area contributed by atoms with Crippen LogP contribution in [-0.4, -0.2) is 60.7 Å². The van der Waals surface area contributed by atoms with Crippen molar-refractivity contribution >= 4 is 23.5 Å². The van der Waals surface area contributed by atoms with Gasteiger partial charge in [-0.1, -0.05) is 13.0 Å². The maximum atomic E-state index is 13.2. The number of pyridine rings is 1. The van der Waals surface area contributed by atoms with E-state index in [1.165, 1.54) is 36.8 Å². The highest BCUT2D eigenvalue weighted by atomic mass is 16.6. The first-order valence-corrected chi connectivity index (χ1v) is 12.7. The zero-order chi connectivity index (χ0) is 23.2. The highest BCUT2D eigenvalue weighted by Gasteiger charge is 2.34. The van der Waals surface area contributed by atoms with Gasteiger partial charge in [-0.3, -0.25) is 9.69 Å². The summed E-state index contributed by atoms with van der Waals surface area (Å²) in [5, 5.41) is 0. The smallest absolute Gasteiger partial charge is 0.414 e. The number of anilines is 2. The number of rotatable bonds is 6. The number of cyclic esters (lactones) is 1. The normalized spacial score (nSPS) is 22.8. The topological polar surface area (TPSA) is 66.0 Å². The van der Waals surface area contributed by atoms with Gasteiger partial charge in [0.2, 0.25) is 0 Å². The van der Waals surface area contributed by atoms with Crippen LogP contribution in [0.25, 0.3) is 0 Å². The van der Waals surface area contributed by atoms with Crippen LogP contribution >= 0.6 is 0 Å². The third-order valence-electron chi connectivity index (χ3n) is 7.67. The zero-order valence-corrected chi connectivity index (χ0v) is 19.8. The molecule has 6 rings (SSSR count). The summed E-state index contributed by atoms with van der Waals surface area (Å²) in [5.41, 5.74) is 4.27. The van der Waals surface area contributed by atoms with Crippen LogP contribution in [-0.2, 0) is 4.74 Å². The SMILES string of the molecule is CC[C@@H]1COC(=O)N1c1ccc(C(=O)N2CCN(c3ncc(C4CC4)cc3C3CC3)CC2)cc1. The van der Waals surface area contributed by atoms with E-state index in [0.717, 1.165) is 36.9 Å². The molecule has 4 fully saturated rings. The van der Waals surface area contributed by atoms with Crippen molar-refractivity contribution in [2.24, 2.45) is 0 Å². The molecule has 0 spiro atoms. The average molecular weight is 461 g/mol. The largest absolute Gasteiger partial charge is 0.447 e. The number of amides is 2. The first-order valence-electron chi connectivity index (χ1n) is 12.7. The van der Waals surface area contributed by atoms with Gasteiger partial charge in [-0.15, -0.1) is 0 Å². The van der Waals surface area contributed by atoms with Crippen molar-refractivity contribution in [3.8, 4) is 0 Å². The predicted octanol–water partition coefficient (Wildman–Crippen LogP) is 4.53. The summed E-state index contributed by atoms with van der Waals surface area (Å²) in [6.45, 7) is 5.44. The van der Waals surface area contributed by atoms with Crippen LogP contribution in [0.1, 0.15) is 72.3 Å². The molecule has 2 aliphatic heterocycles. The van der Waals surface area contributed by atoms with Crippen molar-refractivity contribution in [1.29, 1.82) is 0 Å². The predicted molar refractivity (Wildman–Crippen MR) is 131 cm³/mol. The maximum Gasteiger partial charge on any atom is 0.414 e. The van der Waals surface area contributed by atoms with E-state index in [0.29, 0.717) is 31.2 Å². The van der Waals surface area contributed by atoms with Gasteiger partial charge >= 0.3 is 6.09 Å². The highest BCUT2D eigenvalue weighted by Crippen LogP contribution is 2.47. The standard InChI is InChI=1S/C27H32N4O3/c1-2-22-17-34-27(33)31(22)23-9-7-20(8-10-23)26(32)30-13-11-29(12-14-30)25-24(19-5-6-19)15-21(16-28-25)18-3-4-18/h7-10,15-16,18-19,22H,2-6,11-14,17H2,1H3/t22-/m1/s1. The number of piperazine rings is 1. The number of hydrogen-bond acceptors (Lipinski definition) is 5. The van der Waals surface area contributed by atoms with Crippen LogP contribution in [0.4, 0.5) is 16.3 Å². The maximum absolute atomic E-state index is 13.2. The first-order chi connectivity index (χ1) is 16.6. The molecule has 7 heteroatoms. The number of benzene rings is 1. The Hall–Kier alpha value is -3.09. The van der Waals surface area contributed by atoms with Gasteiger partial charge < -0.3 is 14.5 Å². The van der Waals surface area contributed by atoms with E-state index in [-0.39, 0.29) is 18.0 Å². The highest BCUT2D eigenvalue weighted by molar-refractivity contribution is 5.96. The fraction of sp³-hybridized carbons (Fsp3) is 0.519. The van der Waals surface area contributed by atoms with Crippen LogP contribution in [0, 0.1) is 0 Å². The van der Waals surface area contributed by atoms with Crippen LogP contribution in [0.5, 0.6) is 0 Å². The summed E-state index contributed by atoms with van der Waals surface area (Å²) >= 11 is 0. The second kappa shape index (κ2) is 8.60. The molecule has 2 amide bonds. The Balaban J connectivity index is 1.11. The Bertz CT molecular complexity index is 1090. The minimum Gasteiger partial charge on any atom is -0.447 e. The number of ether oxygens (including phenoxy) is 1. The lowest BCUT2D eigenvalue weighted by molar-refractivity contribution is 0.0746. The van der Waals surface area contributed by atoms with E-state index in [4.69, 9.17) is 9.72 Å². The molecule has 7 nitrogen and oxygen atoms in total. The molecule has 4 aliphatic rings. The number of carbonyl (C=O) groups excluding carboxylic acids is 2. The van der Waals surface area contributed by atoms with Crippen molar-refractivity contribution in [3.63, 3.8) is 0 Å². The third kappa shape index (κ3) is 4.01. The molecule has 1 atom stereocenters. The Kier molecular flexibility index (Phi) is 5.42. The van der Waals surface area contributed by atoms with Gasteiger partial charge in [0.1, 0.15) is 12.4 Å². The Morgan fingerprint density at radius 2 is 1.74 bits per heavy atom. The minimum absolute atomic E-state index is 0.0432. The van der Waals surface area contributed by atoms with E-state index < -0.39 is 0 Å². The minimum atomic E-state index is -0.314. The monoisotopic (exact) mass is 460 g/mol. The molecule has 34 heavy (non-hydrogen) atoms. The molecule has 1 aromatic carbocycles. The van der Waals surface area contributed by atoms with E-state index in [9.17, 15) is 9.59 Å².